The molecular formula is C16H12F3NOS. The fourth-order valence-corrected chi connectivity index (χ4v) is 2.32. The number of hydrogen-bond donors (Lipinski definition) is 1. The Hall–Kier alpha value is -2.21. The molecule has 0 radical (unpaired) electrons. The van der Waals surface area contributed by atoms with Crippen LogP contribution in [0.3, 0.4) is 0 Å². The monoisotopic (exact) mass is 323 g/mol. The SMILES string of the molecule is O=C(/C=C/c1cccc(F)c1)Nc1ccccc1SC(F)F. The molecule has 0 aliphatic carbocycles. The Kier molecular flexibility index (Phi) is 5.66. The standard InChI is InChI=1S/C16H12F3NOS/c17-12-5-3-4-11(10-12)8-9-15(21)20-13-6-1-2-7-14(13)22-16(18)19/h1-10,16H,(H,20,21)/b9-8+. The van der Waals surface area contributed by atoms with Gasteiger partial charge in [-0.3, -0.25) is 4.79 Å². The summed E-state index contributed by atoms with van der Waals surface area (Å²) in [6.45, 7) is 0. The Morgan fingerprint density at radius 2 is 1.91 bits per heavy atom. The molecule has 0 atom stereocenters. The van der Waals surface area contributed by atoms with Gasteiger partial charge in [0.05, 0.1) is 5.69 Å². The molecule has 6 heteroatoms. The van der Waals surface area contributed by atoms with E-state index >= 15 is 0 Å². The van der Waals surface area contributed by atoms with Crippen LogP contribution in [0.1, 0.15) is 5.56 Å². The fourth-order valence-electron chi connectivity index (χ4n) is 1.73. The molecule has 2 nitrogen and oxygen atoms in total. The molecular weight excluding hydrogens is 311 g/mol. The van der Waals surface area contributed by atoms with E-state index in [0.717, 1.165) is 0 Å². The molecule has 0 bridgehead atoms. The van der Waals surface area contributed by atoms with E-state index in [2.05, 4.69) is 5.32 Å². The number of rotatable bonds is 5. The topological polar surface area (TPSA) is 29.1 Å². The van der Waals surface area contributed by atoms with Crippen LogP contribution in [0.5, 0.6) is 0 Å². The van der Waals surface area contributed by atoms with Gasteiger partial charge in [0.2, 0.25) is 5.91 Å². The van der Waals surface area contributed by atoms with E-state index < -0.39 is 17.5 Å². The van der Waals surface area contributed by atoms with Crippen molar-refractivity contribution in [1.82, 2.24) is 0 Å². The van der Waals surface area contributed by atoms with Crippen molar-refractivity contribution in [1.29, 1.82) is 0 Å². The third-order valence-corrected chi connectivity index (χ3v) is 3.42. The minimum atomic E-state index is -2.57. The lowest BCUT2D eigenvalue weighted by atomic mass is 10.2. The van der Waals surface area contributed by atoms with Crippen LogP contribution >= 0.6 is 11.8 Å². The molecule has 0 fully saturated rings. The summed E-state index contributed by atoms with van der Waals surface area (Å²) in [4.78, 5) is 12.1. The van der Waals surface area contributed by atoms with Crippen LogP contribution in [-0.4, -0.2) is 11.7 Å². The van der Waals surface area contributed by atoms with Gasteiger partial charge >= 0.3 is 0 Å². The number of carbonyl (C=O) groups excluding carboxylic acids is 1. The second kappa shape index (κ2) is 7.70. The number of thioether (sulfide) groups is 1. The van der Waals surface area contributed by atoms with E-state index in [-0.39, 0.29) is 4.90 Å². The Balaban J connectivity index is 2.06. The minimum Gasteiger partial charge on any atom is -0.321 e. The summed E-state index contributed by atoms with van der Waals surface area (Å²) in [5, 5.41) is 2.53. The van der Waals surface area contributed by atoms with E-state index in [0.29, 0.717) is 23.0 Å². The van der Waals surface area contributed by atoms with E-state index in [1.807, 2.05) is 0 Å². The van der Waals surface area contributed by atoms with Crippen LogP contribution < -0.4 is 5.32 Å². The van der Waals surface area contributed by atoms with Crippen LogP contribution in [0, 0.1) is 5.82 Å². The summed E-state index contributed by atoms with van der Waals surface area (Å²) in [5.74, 6) is -3.45. The third-order valence-electron chi connectivity index (χ3n) is 2.64. The molecule has 1 N–H and O–H groups in total. The molecule has 0 aliphatic rings. The van der Waals surface area contributed by atoms with Crippen LogP contribution in [0.2, 0.25) is 0 Å². The van der Waals surface area contributed by atoms with Gasteiger partial charge in [-0.1, -0.05) is 36.0 Å². The van der Waals surface area contributed by atoms with Crippen molar-refractivity contribution in [3.8, 4) is 0 Å². The highest BCUT2D eigenvalue weighted by atomic mass is 32.2. The number of benzene rings is 2. The van der Waals surface area contributed by atoms with Gasteiger partial charge in [0, 0.05) is 11.0 Å². The molecule has 22 heavy (non-hydrogen) atoms. The number of halogens is 3. The zero-order valence-electron chi connectivity index (χ0n) is 11.3. The van der Waals surface area contributed by atoms with Gasteiger partial charge in [-0.05, 0) is 35.9 Å². The predicted molar refractivity (Wildman–Crippen MR) is 82.4 cm³/mol. The molecule has 0 aromatic heterocycles. The molecule has 0 unspecified atom stereocenters. The lowest BCUT2D eigenvalue weighted by molar-refractivity contribution is -0.111. The molecule has 0 saturated heterocycles. The molecule has 2 aromatic rings. The zero-order valence-corrected chi connectivity index (χ0v) is 12.1. The van der Waals surface area contributed by atoms with Crippen LogP contribution in [0.15, 0.2) is 59.5 Å². The summed E-state index contributed by atoms with van der Waals surface area (Å²) in [6, 6.07) is 12.1. The Morgan fingerprint density at radius 1 is 1.14 bits per heavy atom. The quantitative estimate of drug-likeness (QED) is 0.633. The van der Waals surface area contributed by atoms with Gasteiger partial charge in [-0.15, -0.1) is 0 Å². The first-order valence-electron chi connectivity index (χ1n) is 6.33. The van der Waals surface area contributed by atoms with Gasteiger partial charge in [-0.25, -0.2) is 4.39 Å². The van der Waals surface area contributed by atoms with Gasteiger partial charge < -0.3 is 5.32 Å². The Morgan fingerprint density at radius 3 is 2.64 bits per heavy atom. The van der Waals surface area contributed by atoms with Gasteiger partial charge in [0.25, 0.3) is 5.76 Å². The number of amides is 1. The largest absolute Gasteiger partial charge is 0.321 e. The maximum absolute atomic E-state index is 13.0. The first-order chi connectivity index (χ1) is 10.5. The third kappa shape index (κ3) is 4.96. The summed E-state index contributed by atoms with van der Waals surface area (Å²) >= 11 is 0.362. The number of carbonyl (C=O) groups is 1. The fraction of sp³-hybridized carbons (Fsp3) is 0.0625. The van der Waals surface area contributed by atoms with Gasteiger partial charge in [-0.2, -0.15) is 8.78 Å². The Labute approximate surface area is 130 Å². The Bertz CT molecular complexity index is 689. The van der Waals surface area contributed by atoms with E-state index in [1.165, 1.54) is 36.4 Å². The van der Waals surface area contributed by atoms with Crippen molar-refractivity contribution in [3.05, 3.63) is 66.0 Å². The normalized spacial score (nSPS) is 11.1. The van der Waals surface area contributed by atoms with E-state index in [4.69, 9.17) is 0 Å². The highest BCUT2D eigenvalue weighted by molar-refractivity contribution is 7.99. The highest BCUT2D eigenvalue weighted by Gasteiger charge is 2.10. The van der Waals surface area contributed by atoms with Crippen molar-refractivity contribution in [3.63, 3.8) is 0 Å². The summed E-state index contributed by atoms with van der Waals surface area (Å²) in [6.07, 6.45) is 2.67. The number of para-hydroxylation sites is 1. The number of hydrogen-bond acceptors (Lipinski definition) is 2. The molecule has 0 spiro atoms. The summed E-state index contributed by atoms with van der Waals surface area (Å²) in [7, 11) is 0. The van der Waals surface area contributed by atoms with Gasteiger partial charge in [0.1, 0.15) is 5.82 Å². The van der Waals surface area contributed by atoms with Crippen molar-refractivity contribution < 1.29 is 18.0 Å². The van der Waals surface area contributed by atoms with Crippen molar-refractivity contribution >= 4 is 29.4 Å². The summed E-state index contributed by atoms with van der Waals surface area (Å²) < 4.78 is 37.9. The van der Waals surface area contributed by atoms with Crippen molar-refractivity contribution in [2.24, 2.45) is 0 Å². The molecule has 114 valence electrons. The minimum absolute atomic E-state index is 0.282. The second-order valence-corrected chi connectivity index (χ2v) is 5.28. The van der Waals surface area contributed by atoms with Gasteiger partial charge in [0.15, 0.2) is 0 Å². The molecule has 0 heterocycles. The maximum Gasteiger partial charge on any atom is 0.288 e. The highest BCUT2D eigenvalue weighted by Crippen LogP contribution is 2.31. The molecule has 2 aromatic carbocycles. The van der Waals surface area contributed by atoms with Crippen LogP contribution in [0.4, 0.5) is 18.9 Å². The first-order valence-corrected chi connectivity index (χ1v) is 7.21. The second-order valence-electron chi connectivity index (χ2n) is 4.25. The molecule has 0 aliphatic heterocycles. The maximum atomic E-state index is 13.0. The molecule has 1 amide bonds. The lowest BCUT2D eigenvalue weighted by Crippen LogP contribution is -2.08. The average molecular weight is 323 g/mol. The van der Waals surface area contributed by atoms with Crippen LogP contribution in [-0.2, 0) is 4.79 Å². The van der Waals surface area contributed by atoms with E-state index in [9.17, 15) is 18.0 Å². The molecule has 2 rings (SSSR count). The predicted octanol–water partition coefficient (Wildman–Crippen LogP) is 4.79. The summed E-state index contributed by atoms with van der Waals surface area (Å²) in [5.41, 5.74) is 0.840. The van der Waals surface area contributed by atoms with Crippen LogP contribution in [0.25, 0.3) is 6.08 Å². The smallest absolute Gasteiger partial charge is 0.288 e. The number of nitrogens with one attached hydrogen (secondary N) is 1. The zero-order chi connectivity index (χ0) is 15.9. The average Bonchev–Trinajstić information content (AvgIpc) is 2.47. The van der Waals surface area contributed by atoms with Crippen molar-refractivity contribution in [2.75, 3.05) is 5.32 Å². The van der Waals surface area contributed by atoms with Crippen molar-refractivity contribution in [2.45, 2.75) is 10.7 Å². The first kappa shape index (κ1) is 16.2. The number of anilines is 1. The molecule has 0 saturated carbocycles. The number of alkyl halides is 2. The lowest BCUT2D eigenvalue weighted by Gasteiger charge is -2.08. The van der Waals surface area contributed by atoms with E-state index in [1.54, 1.807) is 24.3 Å².